The molecule has 3 aromatic rings. The van der Waals surface area contributed by atoms with Gasteiger partial charge in [-0.05, 0) is 49.7 Å². The minimum atomic E-state index is -4.41. The third kappa shape index (κ3) is 4.53. The van der Waals surface area contributed by atoms with Gasteiger partial charge in [-0.1, -0.05) is 30.0 Å². The molecule has 146 valence electrons. The maximum Gasteiger partial charge on any atom is 0.416 e. The van der Waals surface area contributed by atoms with Gasteiger partial charge in [0.2, 0.25) is 5.91 Å². The van der Waals surface area contributed by atoms with E-state index < -0.39 is 17.0 Å². The number of para-hydroxylation sites is 1. The number of carbonyl (C=O) groups is 1. The summed E-state index contributed by atoms with van der Waals surface area (Å²) in [5, 5.41) is 10.6. The van der Waals surface area contributed by atoms with Crippen LogP contribution in [-0.2, 0) is 11.0 Å². The lowest BCUT2D eigenvalue weighted by Gasteiger charge is -2.14. The molecule has 0 saturated heterocycles. The summed E-state index contributed by atoms with van der Waals surface area (Å²) < 4.78 is 39.7. The van der Waals surface area contributed by atoms with Crippen molar-refractivity contribution in [3.8, 4) is 5.69 Å². The molecule has 0 spiro atoms. The largest absolute Gasteiger partial charge is 0.416 e. The van der Waals surface area contributed by atoms with Crippen LogP contribution in [-0.4, -0.2) is 25.9 Å². The van der Waals surface area contributed by atoms with Crippen LogP contribution in [0.25, 0.3) is 5.69 Å². The van der Waals surface area contributed by atoms with Crippen molar-refractivity contribution in [3.05, 3.63) is 66.0 Å². The molecule has 0 saturated carbocycles. The molecule has 0 fully saturated rings. The third-order valence-electron chi connectivity index (χ3n) is 4.02. The third-order valence-corrected chi connectivity index (χ3v) is 5.08. The van der Waals surface area contributed by atoms with E-state index in [2.05, 4.69) is 15.5 Å². The van der Waals surface area contributed by atoms with Crippen LogP contribution in [0.2, 0.25) is 0 Å². The zero-order valence-corrected chi connectivity index (χ0v) is 15.9. The van der Waals surface area contributed by atoms with E-state index in [1.807, 2.05) is 31.2 Å². The average molecular weight is 406 g/mol. The first kappa shape index (κ1) is 19.9. The van der Waals surface area contributed by atoms with Gasteiger partial charge in [0.25, 0.3) is 0 Å². The van der Waals surface area contributed by atoms with Gasteiger partial charge in [0.1, 0.15) is 6.33 Å². The van der Waals surface area contributed by atoms with Crippen LogP contribution in [0.4, 0.5) is 18.9 Å². The Bertz CT molecular complexity index is 970. The second-order valence-corrected chi connectivity index (χ2v) is 7.40. The Morgan fingerprint density at radius 2 is 1.82 bits per heavy atom. The number of aromatic nitrogens is 3. The van der Waals surface area contributed by atoms with Gasteiger partial charge in [-0.15, -0.1) is 10.2 Å². The summed E-state index contributed by atoms with van der Waals surface area (Å²) in [5.41, 5.74) is 1.47. The van der Waals surface area contributed by atoms with Crippen LogP contribution in [0.15, 0.2) is 60.0 Å². The zero-order chi connectivity index (χ0) is 20.3. The molecule has 0 bridgehead atoms. The van der Waals surface area contributed by atoms with Gasteiger partial charge in [-0.25, -0.2) is 0 Å². The number of anilines is 1. The average Bonchev–Trinajstić information content (AvgIpc) is 3.09. The number of alkyl halides is 3. The van der Waals surface area contributed by atoms with Crippen molar-refractivity contribution < 1.29 is 18.0 Å². The molecule has 1 atom stereocenters. The van der Waals surface area contributed by atoms with Gasteiger partial charge < -0.3 is 5.32 Å². The van der Waals surface area contributed by atoms with E-state index in [1.54, 1.807) is 17.8 Å². The Morgan fingerprint density at radius 1 is 1.14 bits per heavy atom. The predicted molar refractivity (Wildman–Crippen MR) is 101 cm³/mol. The summed E-state index contributed by atoms with van der Waals surface area (Å²) >= 11 is 1.21. The Balaban J connectivity index is 1.69. The predicted octanol–water partition coefficient (Wildman–Crippen LogP) is 4.71. The van der Waals surface area contributed by atoms with E-state index in [0.717, 1.165) is 23.4 Å². The smallest absolute Gasteiger partial charge is 0.325 e. The van der Waals surface area contributed by atoms with Crippen molar-refractivity contribution in [2.24, 2.45) is 0 Å². The molecule has 0 aliphatic carbocycles. The van der Waals surface area contributed by atoms with Gasteiger partial charge in [0.15, 0.2) is 5.16 Å². The molecule has 0 radical (unpaired) electrons. The number of thioether (sulfide) groups is 1. The van der Waals surface area contributed by atoms with Crippen molar-refractivity contribution in [2.75, 3.05) is 5.32 Å². The molecule has 0 aliphatic heterocycles. The molecule has 1 N–H and O–H groups in total. The highest BCUT2D eigenvalue weighted by atomic mass is 32.2. The number of amides is 1. The molecule has 5 nitrogen and oxygen atoms in total. The van der Waals surface area contributed by atoms with Crippen molar-refractivity contribution in [1.29, 1.82) is 0 Å². The van der Waals surface area contributed by atoms with Crippen LogP contribution in [0.3, 0.4) is 0 Å². The highest BCUT2D eigenvalue weighted by Crippen LogP contribution is 2.30. The minimum Gasteiger partial charge on any atom is -0.325 e. The normalized spacial score (nSPS) is 12.6. The summed E-state index contributed by atoms with van der Waals surface area (Å²) in [6, 6.07) is 12.0. The topological polar surface area (TPSA) is 59.8 Å². The molecule has 1 amide bonds. The lowest BCUT2D eigenvalue weighted by Crippen LogP contribution is -2.23. The van der Waals surface area contributed by atoms with E-state index >= 15 is 0 Å². The van der Waals surface area contributed by atoms with Gasteiger partial charge in [-0.3, -0.25) is 9.36 Å². The van der Waals surface area contributed by atoms with Gasteiger partial charge in [0, 0.05) is 5.69 Å². The molecule has 3 rings (SSSR count). The van der Waals surface area contributed by atoms with Gasteiger partial charge in [-0.2, -0.15) is 13.2 Å². The summed E-state index contributed by atoms with van der Waals surface area (Å²) in [7, 11) is 0. The highest BCUT2D eigenvalue weighted by Gasteiger charge is 2.30. The van der Waals surface area contributed by atoms with Crippen LogP contribution in [0.1, 0.15) is 18.1 Å². The molecule has 1 heterocycles. The Morgan fingerprint density at radius 3 is 2.46 bits per heavy atom. The molecule has 1 aromatic heterocycles. The first-order chi connectivity index (χ1) is 13.3. The number of nitrogens with zero attached hydrogens (tertiary/aromatic N) is 3. The summed E-state index contributed by atoms with van der Waals surface area (Å²) in [6.07, 6.45) is -2.84. The van der Waals surface area contributed by atoms with Crippen LogP contribution in [0.5, 0.6) is 0 Å². The molecular weight excluding hydrogens is 389 g/mol. The van der Waals surface area contributed by atoms with E-state index in [-0.39, 0.29) is 5.91 Å². The number of hydrogen-bond donors (Lipinski definition) is 1. The minimum absolute atomic E-state index is 0.297. The Labute approximate surface area is 164 Å². The van der Waals surface area contributed by atoms with Crippen molar-refractivity contribution in [2.45, 2.75) is 30.4 Å². The molecule has 28 heavy (non-hydrogen) atoms. The fourth-order valence-electron chi connectivity index (χ4n) is 2.50. The molecule has 0 unspecified atom stereocenters. The molecule has 9 heteroatoms. The quantitative estimate of drug-likeness (QED) is 0.623. The first-order valence-electron chi connectivity index (χ1n) is 8.36. The number of aryl methyl sites for hydroxylation is 1. The maximum absolute atomic E-state index is 12.6. The number of nitrogens with one attached hydrogen (secondary N) is 1. The fourth-order valence-corrected chi connectivity index (χ4v) is 3.34. The van der Waals surface area contributed by atoms with E-state index in [4.69, 9.17) is 0 Å². The van der Waals surface area contributed by atoms with Crippen molar-refractivity contribution in [1.82, 2.24) is 14.8 Å². The fraction of sp³-hybridized carbons (Fsp3) is 0.211. The molecular formula is C19H17F3N4OS. The molecule has 2 aromatic carbocycles. The van der Waals surface area contributed by atoms with Crippen LogP contribution >= 0.6 is 11.8 Å². The number of halogens is 3. The second kappa shape index (κ2) is 8.05. The number of hydrogen-bond acceptors (Lipinski definition) is 4. The Hall–Kier alpha value is -2.81. The summed E-state index contributed by atoms with van der Waals surface area (Å²) in [5.74, 6) is -0.343. The number of carbonyl (C=O) groups excluding carboxylic acids is 1. The summed E-state index contributed by atoms with van der Waals surface area (Å²) in [6.45, 7) is 3.66. The second-order valence-electron chi connectivity index (χ2n) is 6.09. The lowest BCUT2D eigenvalue weighted by molar-refractivity contribution is -0.137. The first-order valence-corrected chi connectivity index (χ1v) is 9.24. The summed E-state index contributed by atoms with van der Waals surface area (Å²) in [4.78, 5) is 12.4. The SMILES string of the molecule is Cc1ccccc1-n1cnnc1S[C@@H](C)C(=O)Nc1ccc(C(F)(F)F)cc1. The number of rotatable bonds is 5. The maximum atomic E-state index is 12.6. The standard InChI is InChI=1S/C19H17F3N4OS/c1-12-5-3-4-6-16(12)26-11-23-25-18(26)28-13(2)17(27)24-15-9-7-14(8-10-15)19(20,21)22/h3-11,13H,1-2H3,(H,24,27)/t13-/m0/s1. The number of benzene rings is 2. The molecule has 0 aliphatic rings. The highest BCUT2D eigenvalue weighted by molar-refractivity contribution is 8.00. The van der Waals surface area contributed by atoms with Crippen molar-refractivity contribution in [3.63, 3.8) is 0 Å². The lowest BCUT2D eigenvalue weighted by atomic mass is 10.2. The van der Waals surface area contributed by atoms with Gasteiger partial charge in [0.05, 0.1) is 16.5 Å². The van der Waals surface area contributed by atoms with Crippen LogP contribution in [0, 0.1) is 6.92 Å². The zero-order valence-electron chi connectivity index (χ0n) is 15.1. The van der Waals surface area contributed by atoms with Gasteiger partial charge >= 0.3 is 6.18 Å². The van der Waals surface area contributed by atoms with E-state index in [9.17, 15) is 18.0 Å². The van der Waals surface area contributed by atoms with E-state index in [1.165, 1.54) is 23.9 Å². The monoisotopic (exact) mass is 406 g/mol. The van der Waals surface area contributed by atoms with Crippen LogP contribution < -0.4 is 5.32 Å². The van der Waals surface area contributed by atoms with E-state index in [0.29, 0.717) is 10.8 Å². The van der Waals surface area contributed by atoms with Crippen molar-refractivity contribution >= 4 is 23.4 Å². The Kier molecular flexibility index (Phi) is 5.73.